The van der Waals surface area contributed by atoms with E-state index in [2.05, 4.69) is 0 Å². The average Bonchev–Trinajstić information content (AvgIpc) is 1.85. The fourth-order valence-corrected chi connectivity index (χ4v) is 1.40. The molecule has 1 rings (SSSR count). The van der Waals surface area contributed by atoms with E-state index in [1.165, 1.54) is 0 Å². The Balaban J connectivity index is 2.28. The van der Waals surface area contributed by atoms with Gasteiger partial charge in [-0.05, 0) is 19.4 Å². The van der Waals surface area contributed by atoms with Crippen molar-refractivity contribution >= 4 is 5.91 Å². The molecule has 0 radical (unpaired) electrons. The van der Waals surface area contributed by atoms with Crippen LogP contribution in [-0.2, 0) is 4.79 Å². The van der Waals surface area contributed by atoms with E-state index in [0.717, 1.165) is 19.4 Å². The minimum atomic E-state index is -0.320. The number of aliphatic hydroxyl groups is 1. The molecule has 3 N–H and O–H groups in total. The molecule has 1 amide bonds. The van der Waals surface area contributed by atoms with Crippen molar-refractivity contribution in [3.05, 3.63) is 0 Å². The normalized spacial score (nSPS) is 26.8. The van der Waals surface area contributed by atoms with Crippen LogP contribution in [0.25, 0.3) is 0 Å². The van der Waals surface area contributed by atoms with Gasteiger partial charge in [0.05, 0.1) is 12.6 Å². The molecule has 1 atom stereocenters. The highest BCUT2D eigenvalue weighted by Crippen LogP contribution is 2.08. The summed E-state index contributed by atoms with van der Waals surface area (Å²) in [5.74, 6) is -0.320. The van der Waals surface area contributed by atoms with Gasteiger partial charge in [-0.2, -0.15) is 0 Å². The highest BCUT2D eigenvalue weighted by molar-refractivity contribution is 5.75. The second-order valence-electron chi connectivity index (χ2n) is 3.00. The van der Waals surface area contributed by atoms with Crippen LogP contribution in [0.5, 0.6) is 0 Å². The summed E-state index contributed by atoms with van der Waals surface area (Å²) in [6, 6.07) is 0. The molecule has 0 unspecified atom stereocenters. The number of aliphatic hydroxyl groups excluding tert-OH is 1. The second-order valence-corrected chi connectivity index (χ2v) is 3.00. The van der Waals surface area contributed by atoms with Gasteiger partial charge in [0.15, 0.2) is 0 Å². The minimum absolute atomic E-state index is 0.275. The van der Waals surface area contributed by atoms with Crippen LogP contribution in [0.2, 0.25) is 0 Å². The number of carbonyl (C=O) groups is 1. The first-order chi connectivity index (χ1) is 5.18. The molecule has 0 aliphatic carbocycles. The Kier molecular flexibility index (Phi) is 2.84. The molecule has 4 heteroatoms. The highest BCUT2D eigenvalue weighted by atomic mass is 16.3. The first-order valence-corrected chi connectivity index (χ1v) is 3.87. The Morgan fingerprint density at radius 2 is 2.45 bits per heavy atom. The van der Waals surface area contributed by atoms with Gasteiger partial charge in [0.2, 0.25) is 5.91 Å². The quantitative estimate of drug-likeness (QED) is 0.537. The first-order valence-electron chi connectivity index (χ1n) is 3.87. The average molecular weight is 158 g/mol. The monoisotopic (exact) mass is 158 g/mol. The van der Waals surface area contributed by atoms with Gasteiger partial charge >= 0.3 is 0 Å². The van der Waals surface area contributed by atoms with E-state index < -0.39 is 0 Å². The van der Waals surface area contributed by atoms with E-state index in [4.69, 9.17) is 5.73 Å². The van der Waals surface area contributed by atoms with Gasteiger partial charge in [-0.3, -0.25) is 9.69 Å². The smallest absolute Gasteiger partial charge is 0.231 e. The van der Waals surface area contributed by atoms with Crippen molar-refractivity contribution in [3.8, 4) is 0 Å². The number of likely N-dealkylation sites (tertiary alicyclic amines) is 1. The van der Waals surface area contributed by atoms with Crippen LogP contribution >= 0.6 is 0 Å². The highest BCUT2D eigenvalue weighted by Gasteiger charge is 2.18. The number of amides is 1. The van der Waals surface area contributed by atoms with Gasteiger partial charge in [0.25, 0.3) is 0 Å². The summed E-state index contributed by atoms with van der Waals surface area (Å²) in [5.41, 5.74) is 5.01. The van der Waals surface area contributed by atoms with Crippen molar-refractivity contribution < 1.29 is 9.90 Å². The maximum Gasteiger partial charge on any atom is 0.231 e. The number of primary amides is 1. The molecule has 1 saturated heterocycles. The lowest BCUT2D eigenvalue weighted by molar-refractivity contribution is -0.119. The molecule has 0 spiro atoms. The summed E-state index contributed by atoms with van der Waals surface area (Å²) in [6.45, 7) is 1.74. The summed E-state index contributed by atoms with van der Waals surface area (Å²) in [5, 5.41) is 9.20. The lowest BCUT2D eigenvalue weighted by Gasteiger charge is -2.28. The third-order valence-electron chi connectivity index (χ3n) is 1.86. The van der Waals surface area contributed by atoms with Gasteiger partial charge in [-0.25, -0.2) is 0 Å². The third kappa shape index (κ3) is 2.86. The number of rotatable bonds is 2. The molecule has 1 fully saturated rings. The molecule has 0 bridgehead atoms. The SMILES string of the molecule is NC(=O)CN1CCC[C@@H](O)C1. The number of nitrogens with two attached hydrogens (primary N) is 1. The van der Waals surface area contributed by atoms with Crippen LogP contribution in [0.3, 0.4) is 0 Å². The number of nitrogens with zero attached hydrogens (tertiary/aromatic N) is 1. The van der Waals surface area contributed by atoms with Crippen LogP contribution in [-0.4, -0.2) is 41.7 Å². The standard InChI is InChI=1S/C7H14N2O2/c8-7(11)5-9-3-1-2-6(10)4-9/h6,10H,1-5H2,(H2,8,11)/t6-/m1/s1. The number of hydrogen-bond donors (Lipinski definition) is 2. The Bertz CT molecular complexity index is 149. The molecule has 0 aromatic carbocycles. The lowest BCUT2D eigenvalue weighted by Crippen LogP contribution is -2.42. The predicted molar refractivity (Wildman–Crippen MR) is 40.9 cm³/mol. The van der Waals surface area contributed by atoms with Gasteiger partial charge in [-0.15, -0.1) is 0 Å². The van der Waals surface area contributed by atoms with Gasteiger partial charge in [0, 0.05) is 6.54 Å². The summed E-state index contributed by atoms with van der Waals surface area (Å²) >= 11 is 0. The molecule has 0 aromatic rings. The van der Waals surface area contributed by atoms with E-state index in [0.29, 0.717) is 6.54 Å². The van der Waals surface area contributed by atoms with Crippen molar-refractivity contribution in [1.29, 1.82) is 0 Å². The van der Waals surface area contributed by atoms with Gasteiger partial charge in [0.1, 0.15) is 0 Å². The van der Waals surface area contributed by atoms with Crippen molar-refractivity contribution in [2.24, 2.45) is 5.73 Å². The molecule has 4 nitrogen and oxygen atoms in total. The number of piperidine rings is 1. The molecule has 0 saturated carbocycles. The van der Waals surface area contributed by atoms with Crippen molar-refractivity contribution in [1.82, 2.24) is 4.90 Å². The van der Waals surface area contributed by atoms with Crippen LogP contribution in [0.1, 0.15) is 12.8 Å². The molecule has 1 aliphatic rings. The minimum Gasteiger partial charge on any atom is -0.392 e. The predicted octanol–water partition coefficient (Wildman–Crippen LogP) is -1.07. The molecule has 0 aromatic heterocycles. The Hall–Kier alpha value is -0.610. The van der Waals surface area contributed by atoms with E-state index in [-0.39, 0.29) is 18.6 Å². The van der Waals surface area contributed by atoms with Crippen LogP contribution < -0.4 is 5.73 Å². The zero-order chi connectivity index (χ0) is 8.27. The maximum atomic E-state index is 10.5. The summed E-state index contributed by atoms with van der Waals surface area (Å²) < 4.78 is 0. The third-order valence-corrected chi connectivity index (χ3v) is 1.86. The van der Waals surface area contributed by atoms with E-state index in [1.54, 1.807) is 0 Å². The van der Waals surface area contributed by atoms with Crippen molar-refractivity contribution in [2.75, 3.05) is 19.6 Å². The Morgan fingerprint density at radius 3 is 3.00 bits per heavy atom. The fraction of sp³-hybridized carbons (Fsp3) is 0.857. The Labute approximate surface area is 66.0 Å². The molecule has 64 valence electrons. The van der Waals surface area contributed by atoms with Crippen molar-refractivity contribution in [3.63, 3.8) is 0 Å². The first kappa shape index (κ1) is 8.49. The van der Waals surface area contributed by atoms with Gasteiger partial charge < -0.3 is 10.8 Å². The maximum absolute atomic E-state index is 10.5. The largest absolute Gasteiger partial charge is 0.392 e. The van der Waals surface area contributed by atoms with E-state index >= 15 is 0 Å². The zero-order valence-corrected chi connectivity index (χ0v) is 6.49. The Morgan fingerprint density at radius 1 is 1.73 bits per heavy atom. The zero-order valence-electron chi connectivity index (χ0n) is 6.49. The van der Waals surface area contributed by atoms with Crippen LogP contribution in [0.15, 0.2) is 0 Å². The summed E-state index contributed by atoms with van der Waals surface area (Å²) in [4.78, 5) is 12.4. The lowest BCUT2D eigenvalue weighted by atomic mass is 10.1. The summed E-state index contributed by atoms with van der Waals surface area (Å²) in [7, 11) is 0. The van der Waals surface area contributed by atoms with E-state index in [9.17, 15) is 9.90 Å². The molecule has 11 heavy (non-hydrogen) atoms. The molecular formula is C7H14N2O2. The van der Waals surface area contributed by atoms with Gasteiger partial charge in [-0.1, -0.05) is 0 Å². The van der Waals surface area contributed by atoms with Crippen molar-refractivity contribution in [2.45, 2.75) is 18.9 Å². The number of carbonyl (C=O) groups excluding carboxylic acids is 1. The molecular weight excluding hydrogens is 144 g/mol. The summed E-state index contributed by atoms with van der Waals surface area (Å²) in [6.07, 6.45) is 1.52. The second kappa shape index (κ2) is 3.69. The number of hydrogen-bond acceptors (Lipinski definition) is 3. The topological polar surface area (TPSA) is 66.6 Å². The molecule has 1 heterocycles. The van der Waals surface area contributed by atoms with E-state index in [1.807, 2.05) is 4.90 Å². The van der Waals surface area contributed by atoms with Crippen LogP contribution in [0, 0.1) is 0 Å². The fourth-order valence-electron chi connectivity index (χ4n) is 1.40. The van der Waals surface area contributed by atoms with Crippen LogP contribution in [0.4, 0.5) is 0 Å². The molecule has 1 aliphatic heterocycles. The number of β-amino-alcohol motifs (C(OH)–C–C–N with tert-alkyl or cyclic N) is 1.